The highest BCUT2D eigenvalue weighted by Gasteiger charge is 2.57. The molecule has 1 saturated heterocycles. The standard InChI is InChI=1S/C17H16N2O5/c1-24-13-7-6-11(19(22)23)8-12(13)18-16(20)14-9-2-3-10(5-4-9)15(14)17(18)21/h2-3,6-10,14-15H,4-5H2,1H3/t9-,10-,14+,15+/m0/s1. The predicted octanol–water partition coefficient (Wildman–Crippen LogP) is 2.30. The van der Waals surface area contributed by atoms with Gasteiger partial charge in [-0.05, 0) is 30.7 Å². The number of amides is 2. The van der Waals surface area contributed by atoms with Crippen molar-refractivity contribution in [3.8, 4) is 5.75 Å². The van der Waals surface area contributed by atoms with Gasteiger partial charge in [-0.2, -0.15) is 0 Å². The second-order valence-corrected chi connectivity index (χ2v) is 6.47. The van der Waals surface area contributed by atoms with Crippen molar-refractivity contribution in [1.29, 1.82) is 0 Å². The molecule has 2 bridgehead atoms. The number of non-ortho nitro benzene ring substituents is 1. The van der Waals surface area contributed by atoms with E-state index in [0.29, 0.717) is 0 Å². The molecule has 5 rings (SSSR count). The molecule has 124 valence electrons. The Morgan fingerprint density at radius 3 is 2.17 bits per heavy atom. The van der Waals surface area contributed by atoms with Crippen LogP contribution in [0, 0.1) is 33.8 Å². The molecule has 1 aliphatic heterocycles. The molecule has 7 heteroatoms. The molecule has 4 atom stereocenters. The SMILES string of the molecule is COc1ccc([N+](=O)[O-])cc1N1C(=O)[C@H]2[C@H](C1=O)[C@H]1C=C[C@H]2CC1. The lowest BCUT2D eigenvalue weighted by molar-refractivity contribution is -0.384. The molecule has 0 aromatic heterocycles. The summed E-state index contributed by atoms with van der Waals surface area (Å²) in [5.41, 5.74) is -0.0159. The Hall–Kier alpha value is -2.70. The fourth-order valence-electron chi connectivity index (χ4n) is 4.28. The summed E-state index contributed by atoms with van der Waals surface area (Å²) >= 11 is 0. The van der Waals surface area contributed by atoms with Crippen LogP contribution in [-0.4, -0.2) is 23.8 Å². The fourth-order valence-corrected chi connectivity index (χ4v) is 4.28. The predicted molar refractivity (Wildman–Crippen MR) is 84.5 cm³/mol. The van der Waals surface area contributed by atoms with Gasteiger partial charge in [0.15, 0.2) is 0 Å². The number of nitrogens with zero attached hydrogens (tertiary/aromatic N) is 2. The summed E-state index contributed by atoms with van der Waals surface area (Å²) in [5.74, 6) is -0.834. The van der Waals surface area contributed by atoms with Crippen molar-refractivity contribution in [2.45, 2.75) is 12.8 Å². The van der Waals surface area contributed by atoms with Crippen LogP contribution in [0.1, 0.15) is 12.8 Å². The van der Waals surface area contributed by atoms with Gasteiger partial charge in [0.25, 0.3) is 5.69 Å². The van der Waals surface area contributed by atoms with Crippen molar-refractivity contribution in [1.82, 2.24) is 0 Å². The minimum atomic E-state index is -0.549. The lowest BCUT2D eigenvalue weighted by atomic mass is 9.63. The van der Waals surface area contributed by atoms with Gasteiger partial charge >= 0.3 is 0 Å². The summed E-state index contributed by atoms with van der Waals surface area (Å²) in [6.07, 6.45) is 5.88. The van der Waals surface area contributed by atoms with Crippen molar-refractivity contribution >= 4 is 23.2 Å². The monoisotopic (exact) mass is 328 g/mol. The van der Waals surface area contributed by atoms with Crippen LogP contribution in [0.2, 0.25) is 0 Å². The minimum Gasteiger partial charge on any atom is -0.495 e. The van der Waals surface area contributed by atoms with Crippen LogP contribution < -0.4 is 9.64 Å². The largest absolute Gasteiger partial charge is 0.495 e. The van der Waals surface area contributed by atoms with Crippen LogP contribution in [0.4, 0.5) is 11.4 Å². The van der Waals surface area contributed by atoms with E-state index in [4.69, 9.17) is 4.74 Å². The smallest absolute Gasteiger partial charge is 0.271 e. The van der Waals surface area contributed by atoms with Gasteiger partial charge in [-0.1, -0.05) is 12.2 Å². The number of hydrogen-bond donors (Lipinski definition) is 0. The number of imide groups is 1. The fraction of sp³-hybridized carbons (Fsp3) is 0.412. The normalized spacial score (nSPS) is 30.6. The first-order chi connectivity index (χ1) is 11.5. The number of nitro groups is 1. The molecule has 7 nitrogen and oxygen atoms in total. The van der Waals surface area contributed by atoms with Gasteiger partial charge in [-0.25, -0.2) is 4.90 Å². The van der Waals surface area contributed by atoms with Gasteiger partial charge in [0, 0.05) is 12.1 Å². The first-order valence-corrected chi connectivity index (χ1v) is 7.91. The lowest BCUT2D eigenvalue weighted by Gasteiger charge is -2.38. The summed E-state index contributed by atoms with van der Waals surface area (Å²) in [4.78, 5) is 37.5. The van der Waals surface area contributed by atoms with Crippen LogP contribution in [0.3, 0.4) is 0 Å². The van der Waals surface area contributed by atoms with Gasteiger partial charge in [-0.15, -0.1) is 0 Å². The van der Waals surface area contributed by atoms with Gasteiger partial charge in [0.05, 0.1) is 23.9 Å². The van der Waals surface area contributed by atoms with E-state index in [9.17, 15) is 19.7 Å². The number of carbonyl (C=O) groups is 2. The third-order valence-corrected chi connectivity index (χ3v) is 5.37. The van der Waals surface area contributed by atoms with Crippen molar-refractivity contribution in [2.24, 2.45) is 23.7 Å². The number of methoxy groups -OCH3 is 1. The Morgan fingerprint density at radius 1 is 1.12 bits per heavy atom. The molecule has 0 spiro atoms. The van der Waals surface area contributed by atoms with E-state index in [1.54, 1.807) is 0 Å². The highest BCUT2D eigenvalue weighted by Crippen LogP contribution is 2.51. The van der Waals surface area contributed by atoms with E-state index in [1.807, 2.05) is 12.2 Å². The number of anilines is 1. The van der Waals surface area contributed by atoms with Crippen LogP contribution in [0.5, 0.6) is 5.75 Å². The number of rotatable bonds is 3. The van der Waals surface area contributed by atoms with E-state index < -0.39 is 4.92 Å². The first-order valence-electron chi connectivity index (χ1n) is 7.91. The van der Waals surface area contributed by atoms with E-state index >= 15 is 0 Å². The quantitative estimate of drug-likeness (QED) is 0.367. The highest BCUT2D eigenvalue weighted by molar-refractivity contribution is 6.23. The third-order valence-electron chi connectivity index (χ3n) is 5.37. The second-order valence-electron chi connectivity index (χ2n) is 6.47. The molecular weight excluding hydrogens is 312 g/mol. The molecule has 1 aromatic rings. The van der Waals surface area contributed by atoms with Gasteiger partial charge < -0.3 is 4.74 Å². The van der Waals surface area contributed by atoms with Gasteiger partial charge in [0.2, 0.25) is 11.8 Å². The number of benzene rings is 1. The van der Waals surface area contributed by atoms with Crippen LogP contribution >= 0.6 is 0 Å². The second kappa shape index (κ2) is 5.15. The molecule has 0 N–H and O–H groups in total. The van der Waals surface area contributed by atoms with Crippen molar-refractivity contribution in [3.05, 3.63) is 40.5 Å². The molecule has 2 amide bonds. The minimum absolute atomic E-state index is 0.0751. The summed E-state index contributed by atoms with van der Waals surface area (Å²) in [5, 5.41) is 11.1. The number of hydrogen-bond acceptors (Lipinski definition) is 5. The summed E-state index contributed by atoms with van der Waals surface area (Å²) in [6.45, 7) is 0. The Balaban J connectivity index is 1.80. The maximum atomic E-state index is 12.9. The molecular formula is C17H16N2O5. The molecule has 0 unspecified atom stereocenters. The van der Waals surface area contributed by atoms with E-state index in [-0.39, 0.29) is 52.6 Å². The van der Waals surface area contributed by atoms with E-state index in [2.05, 4.69) is 0 Å². The van der Waals surface area contributed by atoms with Crippen molar-refractivity contribution in [2.75, 3.05) is 12.0 Å². The van der Waals surface area contributed by atoms with Crippen LogP contribution in [-0.2, 0) is 9.59 Å². The first kappa shape index (κ1) is 14.9. The number of ether oxygens (including phenoxy) is 1. The molecule has 1 aromatic carbocycles. The zero-order valence-corrected chi connectivity index (χ0v) is 13.0. The van der Waals surface area contributed by atoms with Crippen LogP contribution in [0.25, 0.3) is 0 Å². The number of nitro benzene ring substituents is 1. The Bertz CT molecular complexity index is 755. The molecule has 4 aliphatic rings. The average Bonchev–Trinajstić information content (AvgIpc) is 2.88. The van der Waals surface area contributed by atoms with Gasteiger partial charge in [0.1, 0.15) is 11.4 Å². The maximum Gasteiger partial charge on any atom is 0.271 e. The van der Waals surface area contributed by atoms with E-state index in [0.717, 1.165) is 17.7 Å². The molecule has 3 aliphatic carbocycles. The zero-order valence-electron chi connectivity index (χ0n) is 13.0. The summed E-state index contributed by atoms with van der Waals surface area (Å²) in [7, 11) is 1.41. The molecule has 1 saturated carbocycles. The number of allylic oxidation sites excluding steroid dienone is 2. The molecule has 24 heavy (non-hydrogen) atoms. The van der Waals surface area contributed by atoms with Crippen molar-refractivity contribution in [3.63, 3.8) is 0 Å². The molecule has 0 radical (unpaired) electrons. The van der Waals surface area contributed by atoms with Crippen molar-refractivity contribution < 1.29 is 19.2 Å². The lowest BCUT2D eigenvalue weighted by Crippen LogP contribution is -2.38. The Labute approximate surface area is 138 Å². The van der Waals surface area contributed by atoms with E-state index in [1.165, 1.54) is 25.3 Å². The summed E-state index contributed by atoms with van der Waals surface area (Å²) < 4.78 is 5.23. The van der Waals surface area contributed by atoms with Gasteiger partial charge in [-0.3, -0.25) is 19.7 Å². The van der Waals surface area contributed by atoms with Crippen LogP contribution in [0.15, 0.2) is 30.4 Å². The Morgan fingerprint density at radius 2 is 1.71 bits per heavy atom. The number of fused-ring (bicyclic) bond motifs is 1. The highest BCUT2D eigenvalue weighted by atomic mass is 16.6. The number of carbonyl (C=O) groups excluding carboxylic acids is 2. The maximum absolute atomic E-state index is 12.9. The summed E-state index contributed by atoms with van der Waals surface area (Å²) in [6, 6.07) is 3.95. The Kier molecular flexibility index (Phi) is 3.19. The molecule has 1 heterocycles. The topological polar surface area (TPSA) is 89.8 Å². The average molecular weight is 328 g/mol. The zero-order chi connectivity index (χ0) is 17.0. The molecule has 2 fully saturated rings. The third kappa shape index (κ3) is 1.90.